The molecule has 0 aromatic carbocycles. The molecule has 0 aliphatic carbocycles. The van der Waals surface area contributed by atoms with Crippen molar-refractivity contribution in [3.63, 3.8) is 0 Å². The van der Waals surface area contributed by atoms with Crippen molar-refractivity contribution >= 4 is 30.7 Å². The molecule has 0 bridgehead atoms. The Morgan fingerprint density at radius 2 is 1.64 bits per heavy atom. The normalized spacial score (nSPS) is 27.1. The molecule has 3 heterocycles. The summed E-state index contributed by atoms with van der Waals surface area (Å²) in [7, 11) is 0. The van der Waals surface area contributed by atoms with Crippen LogP contribution in [0.25, 0.3) is 0 Å². The summed E-state index contributed by atoms with van der Waals surface area (Å²) < 4.78 is 0. The van der Waals surface area contributed by atoms with E-state index < -0.39 is 0 Å². The smallest absolute Gasteiger partial charge is 0.226 e. The summed E-state index contributed by atoms with van der Waals surface area (Å²) in [5, 5.41) is 3.36. The summed E-state index contributed by atoms with van der Waals surface area (Å²) in [6.07, 6.45) is 7.42. The molecule has 0 unspecified atom stereocenters. The van der Waals surface area contributed by atoms with Gasteiger partial charge in [-0.1, -0.05) is 0 Å². The maximum absolute atomic E-state index is 12.5. The fourth-order valence-corrected chi connectivity index (χ4v) is 3.99. The van der Waals surface area contributed by atoms with Gasteiger partial charge in [0.2, 0.25) is 5.91 Å². The zero-order chi connectivity index (χ0) is 13.8. The number of carbonyl (C=O) groups is 1. The third-order valence-corrected chi connectivity index (χ3v) is 5.29. The molecular formula is C16H31Cl2N3O. The molecule has 130 valence electrons. The van der Waals surface area contributed by atoms with Crippen LogP contribution in [0.3, 0.4) is 0 Å². The predicted molar refractivity (Wildman–Crippen MR) is 95.1 cm³/mol. The number of halogens is 2. The molecule has 0 aromatic rings. The summed E-state index contributed by atoms with van der Waals surface area (Å²) in [4.78, 5) is 17.2. The molecule has 1 atom stereocenters. The van der Waals surface area contributed by atoms with Gasteiger partial charge < -0.3 is 15.1 Å². The zero-order valence-electron chi connectivity index (χ0n) is 13.5. The number of amides is 1. The highest BCUT2D eigenvalue weighted by Crippen LogP contribution is 2.23. The molecule has 3 aliphatic rings. The predicted octanol–water partition coefficient (Wildman–Crippen LogP) is 2.16. The van der Waals surface area contributed by atoms with E-state index in [0.29, 0.717) is 5.91 Å². The lowest BCUT2D eigenvalue weighted by Gasteiger charge is -2.36. The summed E-state index contributed by atoms with van der Waals surface area (Å²) in [6, 6.07) is 0. The number of carbonyl (C=O) groups excluding carboxylic acids is 1. The Labute approximate surface area is 147 Å². The van der Waals surface area contributed by atoms with Gasteiger partial charge in [-0.2, -0.15) is 0 Å². The average Bonchev–Trinajstić information content (AvgIpc) is 3.01. The van der Waals surface area contributed by atoms with Crippen LogP contribution >= 0.6 is 24.8 Å². The van der Waals surface area contributed by atoms with Crippen LogP contribution in [-0.4, -0.2) is 61.5 Å². The number of nitrogens with zero attached hydrogens (tertiary/aromatic N) is 2. The van der Waals surface area contributed by atoms with Crippen molar-refractivity contribution < 1.29 is 4.79 Å². The molecular weight excluding hydrogens is 321 g/mol. The number of hydrogen-bond donors (Lipinski definition) is 1. The molecule has 0 saturated carbocycles. The number of rotatable bonds is 3. The summed E-state index contributed by atoms with van der Waals surface area (Å²) in [5.41, 5.74) is 0. The number of hydrogen-bond acceptors (Lipinski definition) is 3. The lowest BCUT2D eigenvalue weighted by Crippen LogP contribution is -2.47. The first kappa shape index (κ1) is 20.0. The van der Waals surface area contributed by atoms with E-state index in [2.05, 4.69) is 15.1 Å². The lowest BCUT2D eigenvalue weighted by molar-refractivity contribution is -0.137. The average molecular weight is 352 g/mol. The van der Waals surface area contributed by atoms with E-state index in [-0.39, 0.29) is 30.7 Å². The van der Waals surface area contributed by atoms with Gasteiger partial charge in [0.15, 0.2) is 0 Å². The highest BCUT2D eigenvalue weighted by Gasteiger charge is 2.29. The van der Waals surface area contributed by atoms with E-state index in [1.165, 1.54) is 45.3 Å². The van der Waals surface area contributed by atoms with Gasteiger partial charge in [0.05, 0.1) is 5.92 Å². The molecule has 3 aliphatic heterocycles. The van der Waals surface area contributed by atoms with Crippen LogP contribution in [0.15, 0.2) is 0 Å². The molecule has 0 aromatic heterocycles. The number of piperidine rings is 2. The standard InChI is InChI=1S/C16H29N3O.2ClH/c20-16(15-4-3-7-17-12-15)19-10-5-14(6-11-19)13-18-8-1-2-9-18;;/h14-15,17H,1-13H2;2*1H/t15-;;/m1../s1. The molecule has 3 fully saturated rings. The van der Waals surface area contributed by atoms with Crippen molar-refractivity contribution in [3.8, 4) is 0 Å². The minimum atomic E-state index is 0. The van der Waals surface area contributed by atoms with Crippen LogP contribution in [0.5, 0.6) is 0 Å². The lowest BCUT2D eigenvalue weighted by atomic mass is 9.93. The largest absolute Gasteiger partial charge is 0.342 e. The second kappa shape index (κ2) is 9.96. The van der Waals surface area contributed by atoms with Crippen LogP contribution < -0.4 is 5.32 Å². The molecule has 1 N–H and O–H groups in total. The van der Waals surface area contributed by atoms with Crippen LogP contribution in [0.4, 0.5) is 0 Å². The number of nitrogens with one attached hydrogen (secondary N) is 1. The molecule has 6 heteroatoms. The van der Waals surface area contributed by atoms with Crippen LogP contribution in [0.1, 0.15) is 38.5 Å². The highest BCUT2D eigenvalue weighted by molar-refractivity contribution is 5.85. The Hall–Kier alpha value is -0.0300. The van der Waals surface area contributed by atoms with Gasteiger partial charge in [0, 0.05) is 26.2 Å². The molecule has 3 saturated heterocycles. The first-order valence-electron chi connectivity index (χ1n) is 8.55. The molecule has 4 nitrogen and oxygen atoms in total. The Bertz CT molecular complexity index is 323. The van der Waals surface area contributed by atoms with E-state index >= 15 is 0 Å². The van der Waals surface area contributed by atoms with Gasteiger partial charge in [0.25, 0.3) is 0 Å². The highest BCUT2D eigenvalue weighted by atomic mass is 35.5. The minimum absolute atomic E-state index is 0. The Morgan fingerprint density at radius 3 is 2.23 bits per heavy atom. The summed E-state index contributed by atoms with van der Waals surface area (Å²) >= 11 is 0. The van der Waals surface area contributed by atoms with Crippen molar-refractivity contribution in [3.05, 3.63) is 0 Å². The molecule has 1 amide bonds. The Kier molecular flexibility index (Phi) is 9.07. The van der Waals surface area contributed by atoms with Gasteiger partial charge in [-0.25, -0.2) is 0 Å². The quantitative estimate of drug-likeness (QED) is 0.846. The second-order valence-corrected chi connectivity index (χ2v) is 6.82. The maximum Gasteiger partial charge on any atom is 0.226 e. The monoisotopic (exact) mass is 351 g/mol. The number of likely N-dealkylation sites (tertiary alicyclic amines) is 2. The van der Waals surface area contributed by atoms with Crippen molar-refractivity contribution in [2.24, 2.45) is 11.8 Å². The van der Waals surface area contributed by atoms with Crippen LogP contribution in [-0.2, 0) is 4.79 Å². The third-order valence-electron chi connectivity index (χ3n) is 5.29. The van der Waals surface area contributed by atoms with Gasteiger partial charge in [-0.05, 0) is 64.1 Å². The Balaban J connectivity index is 0.00000121. The first-order valence-corrected chi connectivity index (χ1v) is 8.55. The van der Waals surface area contributed by atoms with Crippen LogP contribution in [0, 0.1) is 11.8 Å². The van der Waals surface area contributed by atoms with E-state index in [1.807, 2.05) is 0 Å². The van der Waals surface area contributed by atoms with Crippen molar-refractivity contribution in [2.45, 2.75) is 38.5 Å². The van der Waals surface area contributed by atoms with E-state index in [4.69, 9.17) is 0 Å². The summed E-state index contributed by atoms with van der Waals surface area (Å²) in [6.45, 7) is 7.84. The second-order valence-electron chi connectivity index (χ2n) is 6.82. The third kappa shape index (κ3) is 5.26. The zero-order valence-corrected chi connectivity index (χ0v) is 15.1. The van der Waals surface area contributed by atoms with E-state index in [0.717, 1.165) is 44.9 Å². The van der Waals surface area contributed by atoms with E-state index in [1.54, 1.807) is 0 Å². The van der Waals surface area contributed by atoms with Gasteiger partial charge in [-0.15, -0.1) is 24.8 Å². The van der Waals surface area contributed by atoms with Crippen molar-refractivity contribution in [1.29, 1.82) is 0 Å². The first-order chi connectivity index (χ1) is 9.83. The van der Waals surface area contributed by atoms with Crippen molar-refractivity contribution in [2.75, 3.05) is 45.8 Å². The Morgan fingerprint density at radius 1 is 0.955 bits per heavy atom. The molecule has 0 spiro atoms. The van der Waals surface area contributed by atoms with Crippen molar-refractivity contribution in [1.82, 2.24) is 15.1 Å². The molecule has 22 heavy (non-hydrogen) atoms. The minimum Gasteiger partial charge on any atom is -0.342 e. The fraction of sp³-hybridized carbons (Fsp3) is 0.938. The van der Waals surface area contributed by atoms with Gasteiger partial charge in [-0.3, -0.25) is 4.79 Å². The van der Waals surface area contributed by atoms with E-state index in [9.17, 15) is 4.79 Å². The fourth-order valence-electron chi connectivity index (χ4n) is 3.99. The van der Waals surface area contributed by atoms with Gasteiger partial charge in [0.1, 0.15) is 0 Å². The molecule has 0 radical (unpaired) electrons. The SMILES string of the molecule is Cl.Cl.O=C([C@@H]1CCCNC1)N1CCC(CN2CCCC2)CC1. The molecule has 3 rings (SSSR count). The topological polar surface area (TPSA) is 35.6 Å². The summed E-state index contributed by atoms with van der Waals surface area (Å²) in [5.74, 6) is 1.48. The maximum atomic E-state index is 12.5. The van der Waals surface area contributed by atoms with Gasteiger partial charge >= 0.3 is 0 Å². The van der Waals surface area contributed by atoms with Crippen LogP contribution in [0.2, 0.25) is 0 Å².